The van der Waals surface area contributed by atoms with Crippen LogP contribution in [-0.2, 0) is 19.0 Å². The monoisotopic (exact) mass is 712 g/mol. The molecule has 10 heteroatoms. The Bertz CT molecular complexity index is 1450. The van der Waals surface area contributed by atoms with E-state index >= 15 is 0 Å². The summed E-state index contributed by atoms with van der Waals surface area (Å²) in [6.07, 6.45) is 6.26. The van der Waals surface area contributed by atoms with E-state index in [9.17, 15) is 24.6 Å². The molecule has 0 aromatic heterocycles. The average molecular weight is 713 g/mol. The Hall–Kier alpha value is -2.07. The summed E-state index contributed by atoms with van der Waals surface area (Å²) in [5, 5.41) is 22.2. The molecule has 286 valence electrons. The largest absolute Gasteiger partial charge is 0.481 e. The molecule has 15 atom stereocenters. The minimum atomic E-state index is -0.845. The minimum Gasteiger partial charge on any atom is -0.481 e. The van der Waals surface area contributed by atoms with Crippen molar-refractivity contribution in [2.75, 3.05) is 26.2 Å². The first-order valence-electron chi connectivity index (χ1n) is 20.4. The SMILES string of the molecule is CC(C)C(OC(=O)N1CCC1)C1CC(C)C2C(O1)C(O)C1(C)C3CCC4C(C)(C)C(OC(=O)N5CCC(C(=O)O)C5)CCC45C(C)C35CCC21C. The molecular formula is C41H64N2O8. The molecule has 0 aromatic rings. The smallest absolute Gasteiger partial charge is 0.410 e. The number of fused-ring (bicyclic) bond motifs is 4. The van der Waals surface area contributed by atoms with E-state index in [1.807, 2.05) is 0 Å². The predicted octanol–water partition coefficient (Wildman–Crippen LogP) is 6.82. The molecule has 5 saturated carbocycles. The van der Waals surface area contributed by atoms with Crippen molar-refractivity contribution in [3.63, 3.8) is 0 Å². The maximum absolute atomic E-state index is 13.3. The second-order valence-corrected chi connectivity index (χ2v) is 19.9. The number of aliphatic hydroxyl groups excluding tert-OH is 1. The molecule has 0 aromatic carbocycles. The third kappa shape index (κ3) is 4.56. The van der Waals surface area contributed by atoms with Crippen LogP contribution in [0.3, 0.4) is 0 Å². The molecular weight excluding hydrogens is 648 g/mol. The van der Waals surface area contributed by atoms with Crippen molar-refractivity contribution in [2.24, 2.45) is 68.5 Å². The highest BCUT2D eigenvalue weighted by atomic mass is 16.6. The third-order valence-corrected chi connectivity index (χ3v) is 17.9. The lowest BCUT2D eigenvalue weighted by atomic mass is 9.41. The Morgan fingerprint density at radius 3 is 2.18 bits per heavy atom. The Morgan fingerprint density at radius 2 is 1.55 bits per heavy atom. The number of carboxylic acid groups (broad SMARTS) is 1. The van der Waals surface area contributed by atoms with Crippen molar-refractivity contribution in [3.05, 3.63) is 0 Å². The van der Waals surface area contributed by atoms with Gasteiger partial charge in [0.2, 0.25) is 0 Å². The van der Waals surface area contributed by atoms with E-state index in [0.29, 0.717) is 36.6 Å². The summed E-state index contributed by atoms with van der Waals surface area (Å²) in [6, 6.07) is 0. The molecule has 5 aliphatic carbocycles. The van der Waals surface area contributed by atoms with E-state index in [0.717, 1.165) is 58.0 Å². The predicted molar refractivity (Wildman–Crippen MR) is 190 cm³/mol. The van der Waals surface area contributed by atoms with Gasteiger partial charge in [-0.15, -0.1) is 0 Å². The van der Waals surface area contributed by atoms with Gasteiger partial charge in [0.25, 0.3) is 0 Å². The number of nitrogens with zero attached hydrogens (tertiary/aromatic N) is 2. The minimum absolute atomic E-state index is 0.0683. The van der Waals surface area contributed by atoms with Crippen molar-refractivity contribution in [2.45, 2.75) is 144 Å². The lowest BCUT2D eigenvalue weighted by Gasteiger charge is -2.63. The van der Waals surface area contributed by atoms with Gasteiger partial charge in [-0.2, -0.15) is 0 Å². The molecule has 8 rings (SSSR count). The molecule has 8 aliphatic rings. The van der Waals surface area contributed by atoms with Gasteiger partial charge in [0.15, 0.2) is 0 Å². The lowest BCUT2D eigenvalue weighted by Crippen LogP contribution is -2.60. The summed E-state index contributed by atoms with van der Waals surface area (Å²) < 4.78 is 19.5. The number of amides is 2. The highest BCUT2D eigenvalue weighted by molar-refractivity contribution is 5.74. The van der Waals surface area contributed by atoms with Gasteiger partial charge >= 0.3 is 18.2 Å². The highest BCUT2D eigenvalue weighted by Gasteiger charge is 2.88. The fraction of sp³-hybridized carbons (Fsp3) is 0.927. The number of hydrogen-bond donors (Lipinski definition) is 2. The van der Waals surface area contributed by atoms with Crippen LogP contribution in [0.25, 0.3) is 0 Å². The van der Waals surface area contributed by atoms with Crippen molar-refractivity contribution in [3.8, 4) is 0 Å². The Labute approximate surface area is 304 Å². The van der Waals surface area contributed by atoms with Crippen LogP contribution in [-0.4, -0.2) is 94.9 Å². The van der Waals surface area contributed by atoms with E-state index in [-0.39, 0.29) is 82.1 Å². The average Bonchev–Trinajstić information content (AvgIpc) is 3.31. The van der Waals surface area contributed by atoms with Gasteiger partial charge in [0, 0.05) is 37.0 Å². The van der Waals surface area contributed by atoms with E-state index in [1.54, 1.807) is 9.80 Å². The zero-order valence-electron chi connectivity index (χ0n) is 32.4. The van der Waals surface area contributed by atoms with Gasteiger partial charge in [-0.1, -0.05) is 55.4 Å². The summed E-state index contributed by atoms with van der Waals surface area (Å²) in [4.78, 5) is 41.2. The number of carboxylic acids is 1. The van der Waals surface area contributed by atoms with E-state index in [2.05, 4.69) is 55.4 Å². The summed E-state index contributed by atoms with van der Waals surface area (Å²) in [7, 11) is 0. The summed E-state index contributed by atoms with van der Waals surface area (Å²) in [6.45, 7) is 20.7. The van der Waals surface area contributed by atoms with Crippen LogP contribution < -0.4 is 0 Å². The molecule has 2 spiro atoms. The Morgan fingerprint density at radius 1 is 0.863 bits per heavy atom. The second-order valence-electron chi connectivity index (χ2n) is 19.9. The summed E-state index contributed by atoms with van der Waals surface area (Å²) in [5.41, 5.74) is -0.286. The van der Waals surface area contributed by atoms with Crippen LogP contribution in [0.4, 0.5) is 9.59 Å². The topological polar surface area (TPSA) is 126 Å². The first-order valence-corrected chi connectivity index (χ1v) is 20.4. The van der Waals surface area contributed by atoms with Crippen LogP contribution in [0.1, 0.15) is 113 Å². The molecule has 3 aliphatic heterocycles. The molecule has 3 saturated heterocycles. The zero-order chi connectivity index (χ0) is 36.6. The number of aliphatic hydroxyl groups is 1. The summed E-state index contributed by atoms with van der Waals surface area (Å²) in [5.74, 6) is 0.642. The fourth-order valence-electron chi connectivity index (χ4n) is 15.1. The number of carbonyl (C=O) groups excluding carboxylic acids is 2. The normalized spacial score (nSPS) is 49.8. The molecule has 2 N–H and O–H groups in total. The molecule has 8 fully saturated rings. The van der Waals surface area contributed by atoms with Crippen LogP contribution in [0.5, 0.6) is 0 Å². The van der Waals surface area contributed by atoms with Crippen molar-refractivity contribution in [1.29, 1.82) is 0 Å². The highest BCUT2D eigenvalue weighted by Crippen LogP contribution is 2.91. The number of rotatable bonds is 5. The van der Waals surface area contributed by atoms with Gasteiger partial charge in [-0.3, -0.25) is 4.79 Å². The van der Waals surface area contributed by atoms with E-state index in [4.69, 9.17) is 14.2 Å². The lowest BCUT2D eigenvalue weighted by molar-refractivity contribution is -0.185. The first-order chi connectivity index (χ1) is 24.0. The molecule has 2 amide bonds. The number of carbonyl (C=O) groups is 3. The maximum Gasteiger partial charge on any atom is 0.410 e. The third-order valence-electron chi connectivity index (χ3n) is 17.9. The van der Waals surface area contributed by atoms with Gasteiger partial charge in [-0.25, -0.2) is 9.59 Å². The molecule has 3 heterocycles. The second kappa shape index (κ2) is 11.7. The van der Waals surface area contributed by atoms with Gasteiger partial charge < -0.3 is 34.2 Å². The molecule has 10 nitrogen and oxygen atoms in total. The van der Waals surface area contributed by atoms with Crippen molar-refractivity contribution < 1.29 is 38.8 Å². The standard InChI is InChI=1S/C41H64N2O8/c1-22(2)31(51-35(47)42-17-9-18-42)26-20-23(3)30-32(49-26)33(44)39(8)28-11-10-27-37(5,6)29(50-36(48)43-19-13-25(21-43)34(45)46)12-14-40(27)24(4)41(28,40)16-15-38(30,39)7/h22-33,44H,9-21H2,1-8H3,(H,45,46). The van der Waals surface area contributed by atoms with Gasteiger partial charge in [0.05, 0.1) is 24.2 Å². The molecule has 15 unspecified atom stereocenters. The first kappa shape index (κ1) is 35.9. The Balaban J connectivity index is 1.03. The van der Waals surface area contributed by atoms with Gasteiger partial charge in [0.1, 0.15) is 12.2 Å². The maximum atomic E-state index is 13.3. The zero-order valence-corrected chi connectivity index (χ0v) is 32.4. The van der Waals surface area contributed by atoms with Crippen molar-refractivity contribution in [1.82, 2.24) is 9.80 Å². The van der Waals surface area contributed by atoms with Crippen LogP contribution in [0, 0.1) is 68.5 Å². The van der Waals surface area contributed by atoms with Crippen molar-refractivity contribution >= 4 is 18.2 Å². The van der Waals surface area contributed by atoms with Crippen LogP contribution >= 0.6 is 0 Å². The molecule has 0 bridgehead atoms. The summed E-state index contributed by atoms with van der Waals surface area (Å²) >= 11 is 0. The van der Waals surface area contributed by atoms with E-state index < -0.39 is 18.0 Å². The molecule has 51 heavy (non-hydrogen) atoms. The number of likely N-dealkylation sites (tertiary alicyclic amines) is 2. The number of hydrogen-bond acceptors (Lipinski definition) is 7. The van der Waals surface area contributed by atoms with Crippen LogP contribution in [0.2, 0.25) is 0 Å². The Kier molecular flexibility index (Phi) is 8.25. The van der Waals surface area contributed by atoms with Gasteiger partial charge in [-0.05, 0) is 110 Å². The number of ether oxygens (including phenoxy) is 3. The van der Waals surface area contributed by atoms with Crippen LogP contribution in [0.15, 0.2) is 0 Å². The van der Waals surface area contributed by atoms with E-state index in [1.165, 1.54) is 6.42 Å². The quantitative estimate of drug-likeness (QED) is 0.318. The molecule has 0 radical (unpaired) electrons. The fourth-order valence-corrected chi connectivity index (χ4v) is 15.1. The number of aliphatic carboxylic acids is 1.